The average Bonchev–Trinajstić information content (AvgIpc) is 2.90. The molecule has 0 saturated heterocycles. The molecule has 0 unspecified atom stereocenters. The Kier molecular flexibility index (Phi) is 2.57. The van der Waals surface area contributed by atoms with Crippen molar-refractivity contribution in [2.24, 2.45) is 5.14 Å². The Morgan fingerprint density at radius 3 is 2.60 bits per heavy atom. The number of pyridine rings is 1. The molecule has 1 aliphatic carbocycles. The predicted molar refractivity (Wildman–Crippen MR) is 54.3 cm³/mol. The minimum Gasteiger partial charge on any atom is -0.487 e. The third kappa shape index (κ3) is 2.58. The fourth-order valence-electron chi connectivity index (χ4n) is 1.02. The Morgan fingerprint density at radius 1 is 1.47 bits per heavy atom. The van der Waals surface area contributed by atoms with Gasteiger partial charge in [0.1, 0.15) is 0 Å². The summed E-state index contributed by atoms with van der Waals surface area (Å²) in [5.41, 5.74) is 0. The van der Waals surface area contributed by atoms with Crippen molar-refractivity contribution in [1.29, 1.82) is 0 Å². The van der Waals surface area contributed by atoms with Gasteiger partial charge in [-0.1, -0.05) is 11.6 Å². The second-order valence-electron chi connectivity index (χ2n) is 3.30. The van der Waals surface area contributed by atoms with Gasteiger partial charge in [-0.25, -0.2) is 18.5 Å². The van der Waals surface area contributed by atoms with Crippen molar-refractivity contribution in [2.75, 3.05) is 0 Å². The smallest absolute Gasteiger partial charge is 0.255 e. The number of sulfonamides is 1. The number of halogens is 1. The number of primary sulfonamides is 1. The maximum Gasteiger partial charge on any atom is 0.255 e. The summed E-state index contributed by atoms with van der Waals surface area (Å²) in [4.78, 5) is 3.65. The zero-order chi connectivity index (χ0) is 11.1. The highest BCUT2D eigenvalue weighted by Crippen LogP contribution is 2.31. The summed E-state index contributed by atoms with van der Waals surface area (Å²) in [5.74, 6) is 0.395. The molecule has 1 aromatic rings. The average molecular weight is 249 g/mol. The number of rotatable bonds is 3. The molecule has 1 aromatic heterocycles. The minimum absolute atomic E-state index is 0.0217. The summed E-state index contributed by atoms with van der Waals surface area (Å²) in [5, 5.41) is 4.67. The number of ether oxygens (including phenoxy) is 1. The van der Waals surface area contributed by atoms with Gasteiger partial charge in [-0.05, 0) is 25.0 Å². The van der Waals surface area contributed by atoms with Crippen LogP contribution in [0.1, 0.15) is 12.8 Å². The summed E-state index contributed by atoms with van der Waals surface area (Å²) in [6, 6.07) is 2.74. The third-order valence-corrected chi connectivity index (χ3v) is 2.98. The second-order valence-corrected chi connectivity index (χ2v) is 5.17. The number of nitrogens with two attached hydrogens (primary N) is 1. The summed E-state index contributed by atoms with van der Waals surface area (Å²) in [7, 11) is -3.81. The van der Waals surface area contributed by atoms with Gasteiger partial charge in [0.25, 0.3) is 10.0 Å². The summed E-state index contributed by atoms with van der Waals surface area (Å²) in [6.07, 6.45) is 2.17. The molecule has 1 fully saturated rings. The first kappa shape index (κ1) is 10.7. The lowest BCUT2D eigenvalue weighted by molar-refractivity contribution is 0.302. The standard InChI is InChI=1S/C8H9ClN2O3S/c9-8-6(14-5-1-2-5)3-4-7(11-8)15(10,12)13/h3-5H,1-2H2,(H2,10,12,13). The van der Waals surface area contributed by atoms with Crippen molar-refractivity contribution in [1.82, 2.24) is 4.98 Å². The first-order chi connectivity index (χ1) is 6.97. The summed E-state index contributed by atoms with van der Waals surface area (Å²) < 4.78 is 27.3. The van der Waals surface area contributed by atoms with E-state index < -0.39 is 10.0 Å². The topological polar surface area (TPSA) is 82.3 Å². The molecule has 1 heterocycles. The molecule has 15 heavy (non-hydrogen) atoms. The Bertz CT molecular complexity index is 485. The van der Waals surface area contributed by atoms with Gasteiger partial charge in [-0.2, -0.15) is 0 Å². The molecular formula is C8H9ClN2O3S. The number of hydrogen-bond acceptors (Lipinski definition) is 4. The number of nitrogens with zero attached hydrogens (tertiary/aromatic N) is 1. The van der Waals surface area contributed by atoms with Crippen molar-refractivity contribution in [3.63, 3.8) is 0 Å². The molecule has 0 amide bonds. The summed E-state index contributed by atoms with van der Waals surface area (Å²) in [6.45, 7) is 0. The maximum absolute atomic E-state index is 10.9. The zero-order valence-electron chi connectivity index (χ0n) is 7.68. The van der Waals surface area contributed by atoms with E-state index >= 15 is 0 Å². The van der Waals surface area contributed by atoms with E-state index in [4.69, 9.17) is 21.5 Å². The molecule has 82 valence electrons. The third-order valence-electron chi connectivity index (χ3n) is 1.90. The van der Waals surface area contributed by atoms with Crippen LogP contribution in [0.3, 0.4) is 0 Å². The molecule has 2 N–H and O–H groups in total. The van der Waals surface area contributed by atoms with Crippen LogP contribution in [0, 0.1) is 0 Å². The van der Waals surface area contributed by atoms with Crippen LogP contribution in [0.4, 0.5) is 0 Å². The highest BCUT2D eigenvalue weighted by molar-refractivity contribution is 7.89. The fraction of sp³-hybridized carbons (Fsp3) is 0.375. The van der Waals surface area contributed by atoms with Gasteiger partial charge in [0, 0.05) is 0 Å². The van der Waals surface area contributed by atoms with Gasteiger partial charge in [-0.15, -0.1) is 0 Å². The Morgan fingerprint density at radius 2 is 2.13 bits per heavy atom. The van der Waals surface area contributed by atoms with Crippen LogP contribution < -0.4 is 9.88 Å². The van der Waals surface area contributed by atoms with E-state index in [1.165, 1.54) is 12.1 Å². The SMILES string of the molecule is NS(=O)(=O)c1ccc(OC2CC2)c(Cl)n1. The molecule has 0 atom stereocenters. The Balaban J connectivity index is 2.29. The fourth-order valence-corrected chi connectivity index (χ4v) is 1.74. The van der Waals surface area contributed by atoms with Gasteiger partial charge in [-0.3, -0.25) is 0 Å². The van der Waals surface area contributed by atoms with Crippen LogP contribution in [0.2, 0.25) is 5.15 Å². The lowest BCUT2D eigenvalue weighted by atomic mass is 10.4. The molecule has 7 heteroatoms. The van der Waals surface area contributed by atoms with Gasteiger partial charge in [0.2, 0.25) is 0 Å². The quantitative estimate of drug-likeness (QED) is 0.807. The lowest BCUT2D eigenvalue weighted by Gasteiger charge is -2.06. The molecular weight excluding hydrogens is 240 g/mol. The van der Waals surface area contributed by atoms with Crippen LogP contribution >= 0.6 is 11.6 Å². The highest BCUT2D eigenvalue weighted by Gasteiger charge is 2.25. The van der Waals surface area contributed by atoms with Crippen molar-refractivity contribution in [3.05, 3.63) is 17.3 Å². The van der Waals surface area contributed by atoms with Crippen LogP contribution in [0.5, 0.6) is 5.75 Å². The highest BCUT2D eigenvalue weighted by atomic mass is 35.5. The van der Waals surface area contributed by atoms with E-state index in [-0.39, 0.29) is 16.3 Å². The molecule has 0 aliphatic heterocycles. The van der Waals surface area contributed by atoms with Crippen LogP contribution in [-0.4, -0.2) is 19.5 Å². The van der Waals surface area contributed by atoms with Crippen LogP contribution in [0.15, 0.2) is 17.2 Å². The largest absolute Gasteiger partial charge is 0.487 e. The van der Waals surface area contributed by atoms with Crippen molar-refractivity contribution in [3.8, 4) is 5.75 Å². The van der Waals surface area contributed by atoms with E-state index in [1.54, 1.807) is 0 Å². The first-order valence-electron chi connectivity index (χ1n) is 4.33. The van der Waals surface area contributed by atoms with Gasteiger partial charge >= 0.3 is 0 Å². The predicted octanol–water partition coefficient (Wildman–Crippen LogP) is 0.924. The minimum atomic E-state index is -3.81. The van der Waals surface area contributed by atoms with Gasteiger partial charge < -0.3 is 4.74 Å². The second kappa shape index (κ2) is 3.62. The Labute approximate surface area is 92.3 Å². The van der Waals surface area contributed by atoms with Gasteiger partial charge in [0.05, 0.1) is 6.10 Å². The molecule has 5 nitrogen and oxygen atoms in total. The van der Waals surface area contributed by atoms with Crippen molar-refractivity contribution >= 4 is 21.6 Å². The van der Waals surface area contributed by atoms with E-state index in [2.05, 4.69) is 4.98 Å². The normalized spacial score (nSPS) is 16.4. The molecule has 1 saturated carbocycles. The maximum atomic E-state index is 10.9. The Hall–Kier alpha value is -0.850. The molecule has 0 bridgehead atoms. The van der Waals surface area contributed by atoms with E-state index in [0.29, 0.717) is 5.75 Å². The lowest BCUT2D eigenvalue weighted by Crippen LogP contribution is -2.14. The number of aromatic nitrogens is 1. The molecule has 1 aliphatic rings. The van der Waals surface area contributed by atoms with Crippen molar-refractivity contribution < 1.29 is 13.2 Å². The van der Waals surface area contributed by atoms with Crippen molar-refractivity contribution in [2.45, 2.75) is 24.0 Å². The van der Waals surface area contributed by atoms with Crippen LogP contribution in [-0.2, 0) is 10.0 Å². The zero-order valence-corrected chi connectivity index (χ0v) is 9.25. The molecule has 2 rings (SSSR count). The first-order valence-corrected chi connectivity index (χ1v) is 6.25. The van der Waals surface area contributed by atoms with E-state index in [9.17, 15) is 8.42 Å². The summed E-state index contributed by atoms with van der Waals surface area (Å²) >= 11 is 5.75. The molecule has 0 radical (unpaired) electrons. The molecule has 0 spiro atoms. The monoisotopic (exact) mass is 248 g/mol. The van der Waals surface area contributed by atoms with Crippen LogP contribution in [0.25, 0.3) is 0 Å². The van der Waals surface area contributed by atoms with E-state index in [0.717, 1.165) is 12.8 Å². The van der Waals surface area contributed by atoms with Gasteiger partial charge in [0.15, 0.2) is 15.9 Å². The number of hydrogen-bond donors (Lipinski definition) is 1. The van der Waals surface area contributed by atoms with E-state index in [1.807, 2.05) is 0 Å². The molecule has 0 aromatic carbocycles.